The fourth-order valence-electron chi connectivity index (χ4n) is 1.66. The van der Waals surface area contributed by atoms with E-state index in [1.165, 1.54) is 0 Å². The second kappa shape index (κ2) is 3.88. The van der Waals surface area contributed by atoms with Gasteiger partial charge in [0.2, 0.25) is 5.95 Å². The van der Waals surface area contributed by atoms with Crippen LogP contribution >= 0.6 is 0 Å². The van der Waals surface area contributed by atoms with Gasteiger partial charge in [-0.05, 0) is 19.8 Å². The van der Waals surface area contributed by atoms with Crippen LogP contribution in [-0.4, -0.2) is 27.7 Å². The molecule has 0 aliphatic carbocycles. The Kier molecular flexibility index (Phi) is 2.58. The molecular formula is C9H14N4O. The van der Waals surface area contributed by atoms with Crippen molar-refractivity contribution in [3.63, 3.8) is 0 Å². The Bertz CT molecular complexity index is 302. The normalized spacial score (nSPS) is 21.4. The molecule has 76 valence electrons. The van der Waals surface area contributed by atoms with Crippen LogP contribution < -0.4 is 5.73 Å². The molecule has 2 heterocycles. The maximum atomic E-state index is 5.53. The standard InChI is InChI=1S/C9H14N4O/c1-6-11-8(13-9(10)12-6)5-7-3-2-4-14-7/h7H,2-5H2,1H3,(H2,10,11,12,13). The number of rotatable bonds is 2. The molecule has 0 radical (unpaired) electrons. The van der Waals surface area contributed by atoms with Crippen LogP contribution in [0.3, 0.4) is 0 Å². The molecule has 1 aromatic rings. The van der Waals surface area contributed by atoms with Gasteiger partial charge in [0.15, 0.2) is 0 Å². The minimum Gasteiger partial charge on any atom is -0.378 e. The van der Waals surface area contributed by atoms with Gasteiger partial charge in [0, 0.05) is 13.0 Å². The zero-order valence-electron chi connectivity index (χ0n) is 8.23. The highest BCUT2D eigenvalue weighted by Crippen LogP contribution is 2.15. The average Bonchev–Trinajstić information content (AvgIpc) is 2.54. The van der Waals surface area contributed by atoms with Crippen LogP contribution in [0.15, 0.2) is 0 Å². The molecule has 1 atom stereocenters. The van der Waals surface area contributed by atoms with Gasteiger partial charge in [-0.1, -0.05) is 0 Å². The van der Waals surface area contributed by atoms with Crippen molar-refractivity contribution >= 4 is 5.95 Å². The van der Waals surface area contributed by atoms with Gasteiger partial charge in [-0.15, -0.1) is 0 Å². The number of aromatic nitrogens is 3. The predicted molar refractivity (Wildman–Crippen MR) is 51.7 cm³/mol. The van der Waals surface area contributed by atoms with Crippen LogP contribution in [0.4, 0.5) is 5.95 Å². The lowest BCUT2D eigenvalue weighted by Crippen LogP contribution is -2.13. The zero-order chi connectivity index (χ0) is 9.97. The van der Waals surface area contributed by atoms with Gasteiger partial charge in [0.05, 0.1) is 6.10 Å². The summed E-state index contributed by atoms with van der Waals surface area (Å²) in [6.45, 7) is 2.67. The zero-order valence-corrected chi connectivity index (χ0v) is 8.23. The first-order valence-electron chi connectivity index (χ1n) is 4.82. The lowest BCUT2D eigenvalue weighted by molar-refractivity contribution is 0.110. The fourth-order valence-corrected chi connectivity index (χ4v) is 1.66. The Hall–Kier alpha value is -1.23. The summed E-state index contributed by atoms with van der Waals surface area (Å²) in [5.74, 6) is 1.71. The molecule has 2 rings (SSSR count). The van der Waals surface area contributed by atoms with E-state index in [4.69, 9.17) is 10.5 Å². The maximum absolute atomic E-state index is 5.53. The number of ether oxygens (including phenoxy) is 1. The molecule has 2 N–H and O–H groups in total. The summed E-state index contributed by atoms with van der Waals surface area (Å²) < 4.78 is 5.50. The molecule has 1 aliphatic rings. The number of hydrogen-bond donors (Lipinski definition) is 1. The van der Waals surface area contributed by atoms with E-state index in [-0.39, 0.29) is 6.10 Å². The summed E-state index contributed by atoms with van der Waals surface area (Å²) in [6, 6.07) is 0. The Labute approximate surface area is 82.7 Å². The van der Waals surface area contributed by atoms with Gasteiger partial charge in [0.1, 0.15) is 11.6 Å². The van der Waals surface area contributed by atoms with Crippen molar-refractivity contribution in [3.05, 3.63) is 11.6 Å². The third-order valence-corrected chi connectivity index (χ3v) is 2.25. The van der Waals surface area contributed by atoms with E-state index < -0.39 is 0 Å². The molecule has 0 aromatic carbocycles. The number of anilines is 1. The van der Waals surface area contributed by atoms with Gasteiger partial charge >= 0.3 is 0 Å². The first-order chi connectivity index (χ1) is 6.74. The molecule has 1 aromatic heterocycles. The molecule has 0 amide bonds. The molecule has 14 heavy (non-hydrogen) atoms. The van der Waals surface area contributed by atoms with Gasteiger partial charge in [-0.2, -0.15) is 9.97 Å². The molecule has 5 nitrogen and oxygen atoms in total. The van der Waals surface area contributed by atoms with Gasteiger partial charge < -0.3 is 10.5 Å². The largest absolute Gasteiger partial charge is 0.378 e. The van der Waals surface area contributed by atoms with E-state index in [2.05, 4.69) is 15.0 Å². The molecule has 0 saturated carbocycles. The van der Waals surface area contributed by atoms with E-state index >= 15 is 0 Å². The van der Waals surface area contributed by atoms with Crippen molar-refractivity contribution in [2.75, 3.05) is 12.3 Å². The highest BCUT2D eigenvalue weighted by Gasteiger charge is 2.17. The van der Waals surface area contributed by atoms with Crippen LogP contribution in [0.25, 0.3) is 0 Å². The summed E-state index contributed by atoms with van der Waals surface area (Å²) in [4.78, 5) is 12.2. The molecule has 0 spiro atoms. The third kappa shape index (κ3) is 2.17. The molecule has 1 fully saturated rings. The number of nitrogens with two attached hydrogens (primary N) is 1. The van der Waals surface area contributed by atoms with E-state index in [0.29, 0.717) is 11.8 Å². The Morgan fingerprint density at radius 3 is 2.93 bits per heavy atom. The van der Waals surface area contributed by atoms with E-state index in [1.54, 1.807) is 0 Å². The predicted octanol–water partition coefficient (Wildman–Crippen LogP) is 0.484. The first-order valence-corrected chi connectivity index (χ1v) is 4.82. The van der Waals surface area contributed by atoms with Crippen LogP contribution in [0.5, 0.6) is 0 Å². The average molecular weight is 194 g/mol. The molecule has 5 heteroatoms. The summed E-state index contributed by atoms with van der Waals surface area (Å²) in [5.41, 5.74) is 5.53. The van der Waals surface area contributed by atoms with Crippen LogP contribution in [0.2, 0.25) is 0 Å². The number of aryl methyl sites for hydroxylation is 1. The van der Waals surface area contributed by atoms with Gasteiger partial charge in [0.25, 0.3) is 0 Å². The number of nitrogen functional groups attached to an aromatic ring is 1. The van der Waals surface area contributed by atoms with E-state index in [0.717, 1.165) is 31.7 Å². The van der Waals surface area contributed by atoms with E-state index in [1.807, 2.05) is 6.92 Å². The summed E-state index contributed by atoms with van der Waals surface area (Å²) in [7, 11) is 0. The Morgan fingerprint density at radius 1 is 1.43 bits per heavy atom. The van der Waals surface area contributed by atoms with Crippen molar-refractivity contribution in [3.8, 4) is 0 Å². The van der Waals surface area contributed by atoms with Gasteiger partial charge in [-0.25, -0.2) is 4.98 Å². The van der Waals surface area contributed by atoms with Crippen molar-refractivity contribution in [2.45, 2.75) is 32.3 Å². The first kappa shape index (κ1) is 9.33. The Balaban J connectivity index is 2.07. The molecule has 1 aliphatic heterocycles. The quantitative estimate of drug-likeness (QED) is 0.741. The molecule has 1 unspecified atom stereocenters. The van der Waals surface area contributed by atoms with Gasteiger partial charge in [-0.3, -0.25) is 0 Å². The molecular weight excluding hydrogens is 180 g/mol. The summed E-state index contributed by atoms with van der Waals surface area (Å²) >= 11 is 0. The van der Waals surface area contributed by atoms with Crippen LogP contribution in [0, 0.1) is 6.92 Å². The summed E-state index contributed by atoms with van der Waals surface area (Å²) in [6.07, 6.45) is 3.22. The second-order valence-corrected chi connectivity index (χ2v) is 3.50. The third-order valence-electron chi connectivity index (χ3n) is 2.25. The highest BCUT2D eigenvalue weighted by atomic mass is 16.5. The van der Waals surface area contributed by atoms with Crippen molar-refractivity contribution in [1.82, 2.24) is 15.0 Å². The minimum absolute atomic E-state index is 0.260. The monoisotopic (exact) mass is 194 g/mol. The van der Waals surface area contributed by atoms with Crippen LogP contribution in [-0.2, 0) is 11.2 Å². The Morgan fingerprint density at radius 2 is 2.29 bits per heavy atom. The topological polar surface area (TPSA) is 73.9 Å². The maximum Gasteiger partial charge on any atom is 0.223 e. The number of hydrogen-bond acceptors (Lipinski definition) is 5. The lowest BCUT2D eigenvalue weighted by Gasteiger charge is -2.07. The summed E-state index contributed by atoms with van der Waals surface area (Å²) in [5, 5.41) is 0. The fraction of sp³-hybridized carbons (Fsp3) is 0.667. The smallest absolute Gasteiger partial charge is 0.223 e. The van der Waals surface area contributed by atoms with Crippen molar-refractivity contribution < 1.29 is 4.74 Å². The highest BCUT2D eigenvalue weighted by molar-refractivity contribution is 5.15. The SMILES string of the molecule is Cc1nc(N)nc(CC2CCCO2)n1. The molecule has 0 bridgehead atoms. The van der Waals surface area contributed by atoms with Crippen LogP contribution in [0.1, 0.15) is 24.5 Å². The van der Waals surface area contributed by atoms with E-state index in [9.17, 15) is 0 Å². The van der Waals surface area contributed by atoms with Crippen molar-refractivity contribution in [1.29, 1.82) is 0 Å². The number of nitrogens with zero attached hydrogens (tertiary/aromatic N) is 3. The lowest BCUT2D eigenvalue weighted by atomic mass is 10.2. The molecule has 1 saturated heterocycles. The van der Waals surface area contributed by atoms with Crippen molar-refractivity contribution in [2.24, 2.45) is 0 Å². The minimum atomic E-state index is 0.260. The second-order valence-electron chi connectivity index (χ2n) is 3.50.